The van der Waals surface area contributed by atoms with Crippen LogP contribution in [0.4, 0.5) is 0 Å². The van der Waals surface area contributed by atoms with Crippen molar-refractivity contribution in [1.82, 2.24) is 0 Å². The van der Waals surface area contributed by atoms with Crippen LogP contribution in [0.15, 0.2) is 36.5 Å². The Kier molecular flexibility index (Phi) is 4.37. The van der Waals surface area contributed by atoms with Gasteiger partial charge < -0.3 is 24.4 Å². The van der Waals surface area contributed by atoms with E-state index in [1.54, 1.807) is 0 Å². The minimum Gasteiger partial charge on any atom is -0.458 e. The minimum atomic E-state index is -1.63. The molecule has 0 aliphatic carbocycles. The summed E-state index contributed by atoms with van der Waals surface area (Å²) in [6.45, 7) is 14.3. The molecule has 7 nitrogen and oxygen atoms in total. The molecule has 3 rings (SSSR count). The first-order chi connectivity index (χ1) is 11.9. The summed E-state index contributed by atoms with van der Waals surface area (Å²) in [7, 11) is 0. The number of hydrogen-bond donors (Lipinski definition) is 2. The molecule has 0 amide bonds. The molecule has 0 unspecified atom stereocenters. The molecule has 2 N–H and O–H groups in total. The number of hydrogen-bond acceptors (Lipinski definition) is 7. The van der Waals surface area contributed by atoms with Gasteiger partial charge in [-0.2, -0.15) is 0 Å². The Morgan fingerprint density at radius 1 is 1.35 bits per heavy atom. The lowest BCUT2D eigenvalue weighted by atomic mass is 9.78. The van der Waals surface area contributed by atoms with Crippen LogP contribution in [0.25, 0.3) is 0 Å². The zero-order valence-electron chi connectivity index (χ0n) is 15.0. The van der Waals surface area contributed by atoms with E-state index in [2.05, 4.69) is 19.7 Å². The van der Waals surface area contributed by atoms with E-state index in [1.165, 1.54) is 13.8 Å². The highest BCUT2D eigenvalue weighted by Gasteiger charge is 2.62. The summed E-state index contributed by atoms with van der Waals surface area (Å²) in [5.74, 6) is -3.60. The van der Waals surface area contributed by atoms with Gasteiger partial charge in [0.15, 0.2) is 5.79 Å². The second-order valence-electron chi connectivity index (χ2n) is 7.79. The molecule has 3 aliphatic heterocycles. The van der Waals surface area contributed by atoms with E-state index in [1.807, 2.05) is 0 Å². The number of ether oxygens (including phenoxy) is 3. The maximum absolute atomic E-state index is 12.2. The Morgan fingerprint density at radius 2 is 2.00 bits per heavy atom. The predicted molar refractivity (Wildman–Crippen MR) is 90.6 cm³/mol. The molecule has 0 aromatic carbocycles. The molecule has 6 atom stereocenters. The smallest absolute Gasteiger partial charge is 0.334 e. The Labute approximate surface area is 151 Å². The van der Waals surface area contributed by atoms with Crippen molar-refractivity contribution in [1.29, 1.82) is 0 Å². The zero-order valence-corrected chi connectivity index (χ0v) is 15.0. The van der Waals surface area contributed by atoms with Gasteiger partial charge in [-0.1, -0.05) is 25.3 Å². The summed E-state index contributed by atoms with van der Waals surface area (Å²) in [5.41, 5.74) is -0.523. The number of carbonyl (C=O) groups is 2. The van der Waals surface area contributed by atoms with E-state index in [9.17, 15) is 19.8 Å². The van der Waals surface area contributed by atoms with Crippen LogP contribution in [0, 0.1) is 5.92 Å². The highest BCUT2D eigenvalue weighted by molar-refractivity contribution is 5.91. The lowest BCUT2D eigenvalue weighted by molar-refractivity contribution is -0.216. The van der Waals surface area contributed by atoms with Crippen LogP contribution in [-0.4, -0.2) is 51.9 Å². The van der Waals surface area contributed by atoms with E-state index in [-0.39, 0.29) is 30.4 Å². The number of aliphatic hydroxyl groups is 2. The van der Waals surface area contributed by atoms with Gasteiger partial charge in [0.25, 0.3) is 0 Å². The maximum atomic E-state index is 12.2. The van der Waals surface area contributed by atoms with Crippen LogP contribution in [-0.2, 0) is 23.8 Å². The van der Waals surface area contributed by atoms with Gasteiger partial charge in [0, 0.05) is 30.4 Å². The van der Waals surface area contributed by atoms with Crippen molar-refractivity contribution in [2.45, 2.75) is 62.8 Å². The van der Waals surface area contributed by atoms with E-state index in [0.717, 1.165) is 0 Å². The zero-order chi connectivity index (χ0) is 19.4. The normalized spacial score (nSPS) is 42.4. The fourth-order valence-electron chi connectivity index (χ4n) is 4.11. The second kappa shape index (κ2) is 6.04. The summed E-state index contributed by atoms with van der Waals surface area (Å²) in [6.07, 6.45) is -2.49. The average Bonchev–Trinajstić information content (AvgIpc) is 2.91. The molecule has 3 saturated heterocycles. The molecule has 0 radical (unpaired) electrons. The molecule has 0 aromatic rings. The summed E-state index contributed by atoms with van der Waals surface area (Å²) in [6, 6.07) is 0. The standard InChI is InChI=1S/C19H24O7/c1-9(2)16(20)24-12-6-10(3)7-19(23)8-18(5,22)15(26-19)14-13(12)11(4)17(21)25-14/h12-15,22-23H,1,3-4,6-8H2,2,5H3/t12-,13+,14-,15+,18-,19-/m0/s1. The number of fused-ring (bicyclic) bond motifs is 4. The van der Waals surface area contributed by atoms with Crippen molar-refractivity contribution in [2.24, 2.45) is 5.92 Å². The molecule has 0 spiro atoms. The SMILES string of the molecule is C=C1C[C@H](OC(=O)C(=C)C)[C@H]2C(=C)C(=O)O[C@@H]2[C@H]2O[C@@](O)(C1)C[C@]2(C)O. The van der Waals surface area contributed by atoms with Crippen molar-refractivity contribution in [3.8, 4) is 0 Å². The van der Waals surface area contributed by atoms with Crippen LogP contribution < -0.4 is 0 Å². The lowest BCUT2D eigenvalue weighted by Gasteiger charge is -2.33. The molecule has 0 aromatic heterocycles. The Morgan fingerprint density at radius 3 is 2.62 bits per heavy atom. The first kappa shape index (κ1) is 18.8. The Bertz CT molecular complexity index is 707. The molecule has 2 bridgehead atoms. The first-order valence-corrected chi connectivity index (χ1v) is 8.49. The summed E-state index contributed by atoms with van der Waals surface area (Å²) in [4.78, 5) is 24.3. The lowest BCUT2D eigenvalue weighted by Crippen LogP contribution is -2.49. The van der Waals surface area contributed by atoms with Gasteiger partial charge in [-0.05, 0) is 13.8 Å². The van der Waals surface area contributed by atoms with Gasteiger partial charge in [-0.3, -0.25) is 0 Å². The van der Waals surface area contributed by atoms with Crippen LogP contribution in [0.3, 0.4) is 0 Å². The third-order valence-corrected chi connectivity index (χ3v) is 5.18. The van der Waals surface area contributed by atoms with Crippen LogP contribution in [0.1, 0.15) is 33.1 Å². The first-order valence-electron chi connectivity index (χ1n) is 8.49. The molecule has 0 saturated carbocycles. The number of esters is 2. The van der Waals surface area contributed by atoms with Crippen molar-refractivity contribution in [3.63, 3.8) is 0 Å². The van der Waals surface area contributed by atoms with Crippen LogP contribution in [0.5, 0.6) is 0 Å². The Balaban J connectivity index is 2.04. The summed E-state index contributed by atoms with van der Waals surface area (Å²) >= 11 is 0. The second-order valence-corrected chi connectivity index (χ2v) is 7.79. The molecule has 3 fully saturated rings. The topological polar surface area (TPSA) is 102 Å². The third-order valence-electron chi connectivity index (χ3n) is 5.18. The van der Waals surface area contributed by atoms with Crippen LogP contribution >= 0.6 is 0 Å². The number of rotatable bonds is 2. The molecule has 26 heavy (non-hydrogen) atoms. The van der Waals surface area contributed by atoms with Gasteiger partial charge in [0.05, 0.1) is 11.5 Å². The van der Waals surface area contributed by atoms with Gasteiger partial charge in [-0.25, -0.2) is 9.59 Å². The number of carbonyl (C=O) groups excluding carboxylic acids is 2. The van der Waals surface area contributed by atoms with Crippen LogP contribution in [0.2, 0.25) is 0 Å². The fraction of sp³-hybridized carbons (Fsp3) is 0.579. The molecule has 3 aliphatic rings. The third kappa shape index (κ3) is 3.11. The quantitative estimate of drug-likeness (QED) is 0.430. The molecular weight excluding hydrogens is 340 g/mol. The maximum Gasteiger partial charge on any atom is 0.334 e. The van der Waals surface area contributed by atoms with Gasteiger partial charge >= 0.3 is 11.9 Å². The fourth-order valence-corrected chi connectivity index (χ4v) is 4.11. The van der Waals surface area contributed by atoms with Crippen molar-refractivity contribution in [3.05, 3.63) is 36.5 Å². The summed E-state index contributed by atoms with van der Waals surface area (Å²) < 4.78 is 16.7. The molecular formula is C19H24O7. The van der Waals surface area contributed by atoms with E-state index >= 15 is 0 Å². The highest BCUT2D eigenvalue weighted by atomic mass is 16.7. The van der Waals surface area contributed by atoms with Gasteiger partial charge in [-0.15, -0.1) is 0 Å². The van der Waals surface area contributed by atoms with E-state index in [4.69, 9.17) is 14.2 Å². The van der Waals surface area contributed by atoms with Crippen molar-refractivity contribution < 1.29 is 34.0 Å². The minimum absolute atomic E-state index is 0.0485. The predicted octanol–water partition coefficient (Wildman–Crippen LogP) is 1.15. The van der Waals surface area contributed by atoms with E-state index in [0.29, 0.717) is 5.57 Å². The Hall–Kier alpha value is -1.96. The molecule has 7 heteroatoms. The highest BCUT2D eigenvalue weighted by Crippen LogP contribution is 2.49. The monoisotopic (exact) mass is 364 g/mol. The van der Waals surface area contributed by atoms with Gasteiger partial charge in [0.2, 0.25) is 0 Å². The van der Waals surface area contributed by atoms with Crippen molar-refractivity contribution >= 4 is 11.9 Å². The van der Waals surface area contributed by atoms with E-state index < -0.39 is 47.6 Å². The molecule has 142 valence electrons. The average molecular weight is 364 g/mol. The summed E-state index contributed by atoms with van der Waals surface area (Å²) in [5, 5.41) is 21.5. The van der Waals surface area contributed by atoms with Gasteiger partial charge in [0.1, 0.15) is 18.3 Å². The molecule has 3 heterocycles. The van der Waals surface area contributed by atoms with Crippen molar-refractivity contribution in [2.75, 3.05) is 0 Å². The largest absolute Gasteiger partial charge is 0.458 e.